The molecule has 1 aliphatic rings. The monoisotopic (exact) mass is 215 g/mol. The van der Waals surface area contributed by atoms with Gasteiger partial charge in [-0.2, -0.15) is 0 Å². The van der Waals surface area contributed by atoms with E-state index in [0.717, 1.165) is 13.0 Å². The van der Waals surface area contributed by atoms with Gasteiger partial charge in [0.2, 0.25) is 0 Å². The molecule has 0 amide bonds. The summed E-state index contributed by atoms with van der Waals surface area (Å²) in [7, 11) is 0. The van der Waals surface area contributed by atoms with Gasteiger partial charge in [-0.1, -0.05) is 13.8 Å². The van der Waals surface area contributed by atoms with Crippen LogP contribution in [-0.4, -0.2) is 47.8 Å². The van der Waals surface area contributed by atoms with Crippen molar-refractivity contribution in [1.82, 2.24) is 4.90 Å². The van der Waals surface area contributed by atoms with Crippen molar-refractivity contribution in [3.05, 3.63) is 0 Å². The van der Waals surface area contributed by atoms with Crippen molar-refractivity contribution in [1.29, 1.82) is 0 Å². The van der Waals surface area contributed by atoms with Crippen LogP contribution in [-0.2, 0) is 9.53 Å². The number of hydrogen-bond acceptors (Lipinski definition) is 3. The molecule has 0 spiro atoms. The molecule has 1 fully saturated rings. The average molecular weight is 215 g/mol. The fourth-order valence-corrected chi connectivity index (χ4v) is 2.17. The second kappa shape index (κ2) is 5.47. The zero-order chi connectivity index (χ0) is 11.4. The summed E-state index contributed by atoms with van der Waals surface area (Å²) < 4.78 is 5.21. The molecule has 15 heavy (non-hydrogen) atoms. The zero-order valence-electron chi connectivity index (χ0n) is 9.77. The van der Waals surface area contributed by atoms with Gasteiger partial charge >= 0.3 is 5.97 Å². The highest BCUT2D eigenvalue weighted by Crippen LogP contribution is 2.17. The van der Waals surface area contributed by atoms with Crippen LogP contribution >= 0.6 is 0 Å². The minimum Gasteiger partial charge on any atom is -0.480 e. The highest BCUT2D eigenvalue weighted by atomic mass is 16.5. The Balaban J connectivity index is 2.59. The van der Waals surface area contributed by atoms with E-state index in [-0.39, 0.29) is 0 Å². The fraction of sp³-hybridized carbons (Fsp3) is 0.909. The van der Waals surface area contributed by atoms with Gasteiger partial charge in [-0.25, -0.2) is 0 Å². The quantitative estimate of drug-likeness (QED) is 0.765. The number of morpholine rings is 1. The lowest BCUT2D eigenvalue weighted by Crippen LogP contribution is -2.53. The Morgan fingerprint density at radius 2 is 2.20 bits per heavy atom. The van der Waals surface area contributed by atoms with E-state index in [1.165, 1.54) is 0 Å². The van der Waals surface area contributed by atoms with Crippen LogP contribution in [0.2, 0.25) is 0 Å². The molecule has 0 aliphatic carbocycles. The number of carboxylic acid groups (broad SMARTS) is 1. The van der Waals surface area contributed by atoms with Crippen LogP contribution in [0, 0.1) is 5.92 Å². The van der Waals surface area contributed by atoms with Crippen molar-refractivity contribution in [3.8, 4) is 0 Å². The smallest absolute Gasteiger partial charge is 0.323 e. The molecule has 0 radical (unpaired) electrons. The van der Waals surface area contributed by atoms with Gasteiger partial charge < -0.3 is 9.84 Å². The maximum Gasteiger partial charge on any atom is 0.323 e. The van der Waals surface area contributed by atoms with E-state index >= 15 is 0 Å². The van der Waals surface area contributed by atoms with Crippen molar-refractivity contribution in [2.75, 3.05) is 19.8 Å². The number of rotatable bonds is 4. The normalized spacial score (nSPS) is 25.5. The molecule has 0 aromatic heterocycles. The summed E-state index contributed by atoms with van der Waals surface area (Å²) in [6.07, 6.45) is 1.03. The molecule has 0 bridgehead atoms. The summed E-state index contributed by atoms with van der Waals surface area (Å²) in [6, 6.07) is -0.150. The number of aliphatic carboxylic acids is 1. The zero-order valence-corrected chi connectivity index (χ0v) is 9.77. The summed E-state index contributed by atoms with van der Waals surface area (Å²) in [5.74, 6) is -0.178. The third-order valence-corrected chi connectivity index (χ3v) is 2.83. The average Bonchev–Trinajstić information content (AvgIpc) is 2.16. The molecular formula is C11H21NO3. The number of carboxylic acids is 1. The summed E-state index contributed by atoms with van der Waals surface area (Å²) in [4.78, 5) is 13.1. The van der Waals surface area contributed by atoms with E-state index in [9.17, 15) is 4.79 Å². The summed E-state index contributed by atoms with van der Waals surface area (Å²) in [5, 5.41) is 9.07. The number of carbonyl (C=O) groups is 1. The standard InChI is InChI=1S/C11H21NO3/c1-8(2)6-9(3)12-4-5-15-7-10(12)11(13)14/h8-10H,4-7H2,1-3H3,(H,13,14). The number of hydrogen-bond donors (Lipinski definition) is 1. The molecule has 1 N–H and O–H groups in total. The predicted molar refractivity (Wildman–Crippen MR) is 57.9 cm³/mol. The molecule has 2 unspecified atom stereocenters. The first-order valence-electron chi connectivity index (χ1n) is 5.58. The summed E-state index contributed by atoms with van der Waals surface area (Å²) in [6.45, 7) is 8.11. The van der Waals surface area contributed by atoms with Crippen molar-refractivity contribution in [2.45, 2.75) is 39.3 Å². The van der Waals surface area contributed by atoms with Crippen molar-refractivity contribution in [2.24, 2.45) is 5.92 Å². The van der Waals surface area contributed by atoms with E-state index in [2.05, 4.69) is 20.8 Å². The molecule has 4 heteroatoms. The van der Waals surface area contributed by atoms with E-state index < -0.39 is 12.0 Å². The molecule has 1 aliphatic heterocycles. The highest BCUT2D eigenvalue weighted by Gasteiger charge is 2.32. The maximum atomic E-state index is 11.0. The fourth-order valence-electron chi connectivity index (χ4n) is 2.17. The van der Waals surface area contributed by atoms with Gasteiger partial charge in [0.1, 0.15) is 6.04 Å². The maximum absolute atomic E-state index is 11.0. The molecule has 0 aromatic rings. The van der Waals surface area contributed by atoms with Gasteiger partial charge in [-0.3, -0.25) is 9.69 Å². The first-order valence-corrected chi connectivity index (χ1v) is 5.58. The Morgan fingerprint density at radius 3 is 2.73 bits per heavy atom. The van der Waals surface area contributed by atoms with Crippen LogP contribution in [0.4, 0.5) is 0 Å². The van der Waals surface area contributed by atoms with Crippen LogP contribution in [0.1, 0.15) is 27.2 Å². The van der Waals surface area contributed by atoms with Gasteiger partial charge in [0.15, 0.2) is 0 Å². The van der Waals surface area contributed by atoms with Gasteiger partial charge in [0, 0.05) is 12.6 Å². The topological polar surface area (TPSA) is 49.8 Å². The Kier molecular flexibility index (Phi) is 4.54. The minimum atomic E-state index is -0.773. The van der Waals surface area contributed by atoms with E-state index in [0.29, 0.717) is 25.2 Å². The van der Waals surface area contributed by atoms with Gasteiger partial charge in [0.05, 0.1) is 13.2 Å². The third-order valence-electron chi connectivity index (χ3n) is 2.83. The van der Waals surface area contributed by atoms with E-state index in [4.69, 9.17) is 9.84 Å². The Morgan fingerprint density at radius 1 is 1.53 bits per heavy atom. The minimum absolute atomic E-state index is 0.315. The number of nitrogens with zero attached hydrogens (tertiary/aromatic N) is 1. The molecule has 1 rings (SSSR count). The Labute approximate surface area is 91.2 Å². The molecule has 0 aromatic carbocycles. The second-order valence-electron chi connectivity index (χ2n) is 4.65. The molecule has 1 saturated heterocycles. The lowest BCUT2D eigenvalue weighted by Gasteiger charge is -2.37. The number of ether oxygens (including phenoxy) is 1. The largest absolute Gasteiger partial charge is 0.480 e. The van der Waals surface area contributed by atoms with Crippen LogP contribution < -0.4 is 0 Å². The molecule has 0 saturated carbocycles. The van der Waals surface area contributed by atoms with Crippen molar-refractivity contribution in [3.63, 3.8) is 0 Å². The van der Waals surface area contributed by atoms with E-state index in [1.54, 1.807) is 0 Å². The summed E-state index contributed by atoms with van der Waals surface area (Å²) in [5.41, 5.74) is 0. The first-order chi connectivity index (χ1) is 7.02. The van der Waals surface area contributed by atoms with Gasteiger partial charge in [0.25, 0.3) is 0 Å². The van der Waals surface area contributed by atoms with Gasteiger partial charge in [-0.05, 0) is 19.3 Å². The lowest BCUT2D eigenvalue weighted by molar-refractivity contribution is -0.151. The van der Waals surface area contributed by atoms with Crippen molar-refractivity contribution >= 4 is 5.97 Å². The first kappa shape index (κ1) is 12.5. The highest BCUT2D eigenvalue weighted by molar-refractivity contribution is 5.73. The van der Waals surface area contributed by atoms with Crippen LogP contribution in [0.15, 0.2) is 0 Å². The summed E-state index contributed by atoms with van der Waals surface area (Å²) >= 11 is 0. The molecular weight excluding hydrogens is 194 g/mol. The SMILES string of the molecule is CC(C)CC(C)N1CCOCC1C(=O)O. The molecule has 4 nitrogen and oxygen atoms in total. The van der Waals surface area contributed by atoms with Crippen molar-refractivity contribution < 1.29 is 14.6 Å². The Hall–Kier alpha value is -0.610. The lowest BCUT2D eigenvalue weighted by atomic mass is 10.0. The second-order valence-corrected chi connectivity index (χ2v) is 4.65. The predicted octanol–water partition coefficient (Wildman–Crippen LogP) is 1.21. The van der Waals surface area contributed by atoms with Crippen LogP contribution in [0.25, 0.3) is 0 Å². The van der Waals surface area contributed by atoms with Crippen LogP contribution in [0.3, 0.4) is 0 Å². The third kappa shape index (κ3) is 3.47. The molecule has 1 heterocycles. The van der Waals surface area contributed by atoms with Crippen LogP contribution in [0.5, 0.6) is 0 Å². The molecule has 2 atom stereocenters. The Bertz CT molecular complexity index is 218. The molecule has 88 valence electrons. The van der Waals surface area contributed by atoms with E-state index in [1.807, 2.05) is 4.90 Å². The van der Waals surface area contributed by atoms with Gasteiger partial charge in [-0.15, -0.1) is 0 Å².